The number of carbonyl (C=O) groups excluding carboxylic acids is 1. The van der Waals surface area contributed by atoms with E-state index in [1.807, 2.05) is 25.1 Å². The van der Waals surface area contributed by atoms with Gasteiger partial charge < -0.3 is 15.4 Å². The van der Waals surface area contributed by atoms with E-state index < -0.39 is 0 Å². The zero-order chi connectivity index (χ0) is 17.8. The highest BCUT2D eigenvalue weighted by Crippen LogP contribution is 2.19. The number of halogens is 1. The average molecular weight is 399 g/mol. The fraction of sp³-hybridized carbons (Fsp3) is 0.632. The van der Waals surface area contributed by atoms with E-state index in [0.717, 1.165) is 28.8 Å². The maximum atomic E-state index is 11.9. The van der Waals surface area contributed by atoms with Crippen LogP contribution in [-0.4, -0.2) is 25.8 Å². The van der Waals surface area contributed by atoms with E-state index in [9.17, 15) is 4.79 Å². The molecule has 1 atom stereocenters. The van der Waals surface area contributed by atoms with Crippen LogP contribution < -0.4 is 10.6 Å². The van der Waals surface area contributed by atoms with Crippen molar-refractivity contribution < 1.29 is 9.53 Å². The Labute approximate surface area is 154 Å². The van der Waals surface area contributed by atoms with Crippen LogP contribution in [0, 0.1) is 12.8 Å². The topological polar surface area (TPSA) is 50.4 Å². The van der Waals surface area contributed by atoms with Crippen molar-refractivity contribution in [2.24, 2.45) is 5.92 Å². The number of hydrogen-bond acceptors (Lipinski definition) is 2. The van der Waals surface area contributed by atoms with Gasteiger partial charge >= 0.3 is 6.03 Å². The minimum Gasteiger partial charge on any atom is -0.381 e. The molecule has 0 aliphatic heterocycles. The third-order valence-electron chi connectivity index (χ3n) is 4.08. The molecular formula is C19H31BrN2O2. The maximum absolute atomic E-state index is 11.9. The van der Waals surface area contributed by atoms with E-state index in [2.05, 4.69) is 40.4 Å². The van der Waals surface area contributed by atoms with Crippen LogP contribution in [0.5, 0.6) is 0 Å². The van der Waals surface area contributed by atoms with Crippen LogP contribution in [0.4, 0.5) is 10.5 Å². The number of carbonyl (C=O) groups is 1. The summed E-state index contributed by atoms with van der Waals surface area (Å²) < 4.78 is 6.75. The van der Waals surface area contributed by atoms with Crippen molar-refractivity contribution in [3.63, 3.8) is 0 Å². The van der Waals surface area contributed by atoms with E-state index in [1.165, 1.54) is 25.7 Å². The Morgan fingerprint density at radius 3 is 2.75 bits per heavy atom. The van der Waals surface area contributed by atoms with Gasteiger partial charge in [-0.1, -0.05) is 49.0 Å². The number of benzene rings is 1. The van der Waals surface area contributed by atoms with Gasteiger partial charge in [0.1, 0.15) is 0 Å². The molecule has 0 spiro atoms. The molecule has 24 heavy (non-hydrogen) atoms. The second-order valence-corrected chi connectivity index (χ2v) is 7.10. The molecule has 0 aliphatic carbocycles. The zero-order valence-electron chi connectivity index (χ0n) is 15.2. The summed E-state index contributed by atoms with van der Waals surface area (Å²) in [6.07, 6.45) is 5.77. The fourth-order valence-corrected chi connectivity index (χ4v) is 2.93. The van der Waals surface area contributed by atoms with Gasteiger partial charge in [0.2, 0.25) is 0 Å². The molecule has 2 amide bonds. The molecule has 0 radical (unpaired) electrons. The molecule has 5 heteroatoms. The number of urea groups is 1. The van der Waals surface area contributed by atoms with Crippen molar-refractivity contribution in [1.29, 1.82) is 0 Å². The van der Waals surface area contributed by atoms with Crippen LogP contribution in [0.2, 0.25) is 0 Å². The molecule has 1 aromatic rings. The second kappa shape index (κ2) is 12.3. The lowest BCUT2D eigenvalue weighted by atomic mass is 10.0. The number of nitrogens with one attached hydrogen (secondary N) is 2. The smallest absolute Gasteiger partial charge is 0.319 e. The van der Waals surface area contributed by atoms with Gasteiger partial charge in [0.15, 0.2) is 0 Å². The minimum absolute atomic E-state index is 0.171. The molecule has 136 valence electrons. The Balaban J connectivity index is 2.13. The van der Waals surface area contributed by atoms with Gasteiger partial charge in [-0.3, -0.25) is 0 Å². The summed E-state index contributed by atoms with van der Waals surface area (Å²) in [4.78, 5) is 11.9. The normalized spacial score (nSPS) is 12.0. The van der Waals surface area contributed by atoms with Crippen molar-refractivity contribution in [1.82, 2.24) is 5.32 Å². The van der Waals surface area contributed by atoms with Gasteiger partial charge in [0, 0.05) is 29.9 Å². The molecule has 0 saturated heterocycles. The molecule has 1 rings (SSSR count). The number of ether oxygens (including phenoxy) is 1. The molecule has 0 bridgehead atoms. The first-order valence-electron chi connectivity index (χ1n) is 8.95. The summed E-state index contributed by atoms with van der Waals surface area (Å²) in [5, 5.41) is 5.73. The molecule has 1 unspecified atom stereocenters. The van der Waals surface area contributed by atoms with Gasteiger partial charge in [0.05, 0.1) is 0 Å². The number of rotatable bonds is 11. The SMILES string of the molecule is CCCCC(CC)COCCCNC(=O)Nc1ccc(Br)cc1C. The monoisotopic (exact) mass is 398 g/mol. The minimum atomic E-state index is -0.171. The van der Waals surface area contributed by atoms with Gasteiger partial charge in [-0.2, -0.15) is 0 Å². The first-order chi connectivity index (χ1) is 11.6. The van der Waals surface area contributed by atoms with Crippen molar-refractivity contribution in [3.8, 4) is 0 Å². The summed E-state index contributed by atoms with van der Waals surface area (Å²) in [5.41, 5.74) is 1.86. The zero-order valence-corrected chi connectivity index (χ0v) is 16.7. The quantitative estimate of drug-likeness (QED) is 0.483. The first-order valence-corrected chi connectivity index (χ1v) is 9.74. The largest absolute Gasteiger partial charge is 0.381 e. The van der Waals surface area contributed by atoms with Crippen molar-refractivity contribution in [2.75, 3.05) is 25.1 Å². The van der Waals surface area contributed by atoms with Gasteiger partial charge in [-0.15, -0.1) is 0 Å². The number of anilines is 1. The number of unbranched alkanes of at least 4 members (excludes halogenated alkanes) is 1. The molecule has 2 N–H and O–H groups in total. The lowest BCUT2D eigenvalue weighted by Gasteiger charge is -2.15. The Hall–Kier alpha value is -1.07. The third kappa shape index (κ3) is 8.69. The van der Waals surface area contributed by atoms with Crippen LogP contribution in [-0.2, 0) is 4.74 Å². The second-order valence-electron chi connectivity index (χ2n) is 6.19. The maximum Gasteiger partial charge on any atom is 0.319 e. The van der Waals surface area contributed by atoms with E-state index in [4.69, 9.17) is 4.74 Å². The predicted octanol–water partition coefficient (Wildman–Crippen LogP) is 5.50. The number of hydrogen-bond donors (Lipinski definition) is 2. The van der Waals surface area contributed by atoms with E-state index in [-0.39, 0.29) is 6.03 Å². The predicted molar refractivity (Wildman–Crippen MR) is 105 cm³/mol. The number of aryl methyl sites for hydroxylation is 1. The van der Waals surface area contributed by atoms with E-state index in [0.29, 0.717) is 19.1 Å². The van der Waals surface area contributed by atoms with Crippen molar-refractivity contribution in [3.05, 3.63) is 28.2 Å². The summed E-state index contributed by atoms with van der Waals surface area (Å²) in [5.74, 6) is 0.668. The Morgan fingerprint density at radius 2 is 2.08 bits per heavy atom. The summed E-state index contributed by atoms with van der Waals surface area (Å²) >= 11 is 3.42. The van der Waals surface area contributed by atoms with E-state index >= 15 is 0 Å². The van der Waals surface area contributed by atoms with Crippen LogP contribution in [0.1, 0.15) is 51.5 Å². The molecule has 4 nitrogen and oxygen atoms in total. The van der Waals surface area contributed by atoms with Crippen LogP contribution in [0.25, 0.3) is 0 Å². The van der Waals surface area contributed by atoms with Crippen molar-refractivity contribution >= 4 is 27.6 Å². The molecule has 0 fully saturated rings. The fourth-order valence-electron chi connectivity index (χ4n) is 2.46. The van der Waals surface area contributed by atoms with Crippen molar-refractivity contribution in [2.45, 2.75) is 52.9 Å². The Kier molecular flexibility index (Phi) is 10.8. The molecule has 1 aromatic carbocycles. The third-order valence-corrected chi connectivity index (χ3v) is 4.58. The number of amides is 2. The lowest BCUT2D eigenvalue weighted by Crippen LogP contribution is -2.30. The van der Waals surface area contributed by atoms with Crippen LogP contribution in [0.15, 0.2) is 22.7 Å². The standard InChI is InChI=1S/C19H31BrN2O2/c1-4-6-8-16(5-2)14-24-12-7-11-21-19(23)22-18-10-9-17(20)13-15(18)3/h9-10,13,16H,4-8,11-12,14H2,1-3H3,(H2,21,22,23). The summed E-state index contributed by atoms with van der Waals surface area (Å²) in [6, 6.07) is 5.61. The highest BCUT2D eigenvalue weighted by atomic mass is 79.9. The van der Waals surface area contributed by atoms with Gasteiger partial charge in [-0.05, 0) is 49.4 Å². The molecule has 0 aromatic heterocycles. The lowest BCUT2D eigenvalue weighted by molar-refractivity contribution is 0.0925. The summed E-state index contributed by atoms with van der Waals surface area (Å²) in [6.45, 7) is 8.56. The summed E-state index contributed by atoms with van der Waals surface area (Å²) in [7, 11) is 0. The Morgan fingerprint density at radius 1 is 1.29 bits per heavy atom. The Bertz CT molecular complexity index is 494. The highest BCUT2D eigenvalue weighted by molar-refractivity contribution is 9.10. The molecule has 0 saturated carbocycles. The molecule has 0 heterocycles. The van der Waals surface area contributed by atoms with Crippen LogP contribution in [0.3, 0.4) is 0 Å². The first kappa shape index (κ1) is 21.0. The average Bonchev–Trinajstić information content (AvgIpc) is 2.56. The molecule has 0 aliphatic rings. The highest BCUT2D eigenvalue weighted by Gasteiger charge is 2.06. The van der Waals surface area contributed by atoms with Gasteiger partial charge in [-0.25, -0.2) is 4.79 Å². The van der Waals surface area contributed by atoms with Gasteiger partial charge in [0.25, 0.3) is 0 Å². The van der Waals surface area contributed by atoms with E-state index in [1.54, 1.807) is 0 Å². The van der Waals surface area contributed by atoms with Crippen LogP contribution >= 0.6 is 15.9 Å². The molecular weight excluding hydrogens is 368 g/mol.